The van der Waals surface area contributed by atoms with Crippen LogP contribution in [0.15, 0.2) is 101 Å². The molecule has 2 aliphatic carbocycles. The van der Waals surface area contributed by atoms with Gasteiger partial charge >= 0.3 is 0 Å². The lowest BCUT2D eigenvalue weighted by Gasteiger charge is -2.28. The van der Waals surface area contributed by atoms with E-state index in [9.17, 15) is 0 Å². The topological polar surface area (TPSA) is 13.1 Å². The van der Waals surface area contributed by atoms with Gasteiger partial charge in [-0.15, -0.1) is 0 Å². The molecule has 1 unspecified atom stereocenters. The molecular formula is C38H32O. The maximum absolute atomic E-state index is 6.73. The average molecular weight is 505 g/mol. The van der Waals surface area contributed by atoms with E-state index in [1.54, 1.807) is 0 Å². The van der Waals surface area contributed by atoms with E-state index in [0.29, 0.717) is 5.92 Å². The number of aryl methyl sites for hydroxylation is 1. The molecule has 0 spiro atoms. The molecule has 39 heavy (non-hydrogen) atoms. The van der Waals surface area contributed by atoms with Gasteiger partial charge in [-0.2, -0.15) is 0 Å². The first-order valence-electron chi connectivity index (χ1n) is 14.3. The normalized spacial score (nSPS) is 17.4. The summed E-state index contributed by atoms with van der Waals surface area (Å²) in [6.45, 7) is 4.78. The largest absolute Gasteiger partial charge is 0.460 e. The Morgan fingerprint density at radius 1 is 0.718 bits per heavy atom. The zero-order valence-corrected chi connectivity index (χ0v) is 22.6. The maximum atomic E-state index is 6.73. The molecule has 0 saturated heterocycles. The highest BCUT2D eigenvalue weighted by molar-refractivity contribution is 6.18. The molecule has 0 amide bonds. The van der Waals surface area contributed by atoms with Crippen molar-refractivity contribution in [2.45, 2.75) is 50.9 Å². The van der Waals surface area contributed by atoms with Crippen LogP contribution in [-0.2, 0) is 24.7 Å². The smallest absolute Gasteiger partial charge is 0.135 e. The summed E-state index contributed by atoms with van der Waals surface area (Å²) in [5.41, 5.74) is 8.25. The summed E-state index contributed by atoms with van der Waals surface area (Å²) in [6, 6.07) is 36.3. The Morgan fingerprint density at radius 3 is 2.36 bits per heavy atom. The minimum atomic E-state index is -0.0232. The first-order valence-corrected chi connectivity index (χ1v) is 14.3. The molecule has 1 heteroatoms. The summed E-state index contributed by atoms with van der Waals surface area (Å²) in [6.07, 6.45) is 6.39. The lowest BCUT2D eigenvalue weighted by Crippen LogP contribution is -2.20. The molecule has 1 heterocycles. The maximum Gasteiger partial charge on any atom is 0.135 e. The fraction of sp³-hybridized carbons (Fsp3) is 0.211. The quantitative estimate of drug-likeness (QED) is 0.229. The third kappa shape index (κ3) is 3.39. The van der Waals surface area contributed by atoms with Crippen LogP contribution in [0.25, 0.3) is 38.6 Å². The van der Waals surface area contributed by atoms with Gasteiger partial charge in [-0.05, 0) is 80.4 Å². The number of hydrogen-bond acceptors (Lipinski definition) is 1. The van der Waals surface area contributed by atoms with E-state index in [1.165, 1.54) is 60.0 Å². The van der Waals surface area contributed by atoms with E-state index in [1.807, 2.05) is 0 Å². The number of fused-ring (bicyclic) bond motifs is 3. The van der Waals surface area contributed by atoms with Crippen molar-refractivity contribution >= 4 is 38.6 Å². The zero-order valence-electron chi connectivity index (χ0n) is 22.6. The van der Waals surface area contributed by atoms with Gasteiger partial charge in [0.15, 0.2) is 0 Å². The Morgan fingerprint density at radius 2 is 1.46 bits per heavy atom. The van der Waals surface area contributed by atoms with Gasteiger partial charge in [0, 0.05) is 22.6 Å². The highest BCUT2D eigenvalue weighted by atomic mass is 16.3. The van der Waals surface area contributed by atoms with Crippen molar-refractivity contribution in [2.75, 3.05) is 0 Å². The molecule has 8 rings (SSSR count). The summed E-state index contributed by atoms with van der Waals surface area (Å²) < 4.78 is 6.73. The standard InChI is InChI=1S/C38H32O/c1-38(2)32-17-5-3-10-26(32)23-27(28-13-4-6-18-33(28)38)22-25-20-21-35-37-29(25)14-9-16-31(37)30-15-7-11-24-12-8-19-34(39-35)36(24)30/h3-7,9-18,20-21,27H,8,19,22-23H2,1-2H3. The molecule has 1 aromatic heterocycles. The summed E-state index contributed by atoms with van der Waals surface area (Å²) >= 11 is 0. The van der Waals surface area contributed by atoms with Crippen molar-refractivity contribution in [1.29, 1.82) is 0 Å². The van der Waals surface area contributed by atoms with Crippen LogP contribution in [0.4, 0.5) is 0 Å². The van der Waals surface area contributed by atoms with E-state index >= 15 is 0 Å². The van der Waals surface area contributed by atoms with Crippen LogP contribution in [0.2, 0.25) is 0 Å². The summed E-state index contributed by atoms with van der Waals surface area (Å²) in [4.78, 5) is 0. The Hall–Kier alpha value is -4.10. The number of rotatable bonds is 2. The lowest BCUT2D eigenvalue weighted by atomic mass is 9.75. The van der Waals surface area contributed by atoms with Crippen LogP contribution in [0.1, 0.15) is 59.8 Å². The van der Waals surface area contributed by atoms with Gasteiger partial charge in [-0.25, -0.2) is 0 Å². The molecule has 190 valence electrons. The minimum Gasteiger partial charge on any atom is -0.460 e. The Labute approximate surface area is 229 Å². The fourth-order valence-corrected chi connectivity index (χ4v) is 7.62. The van der Waals surface area contributed by atoms with E-state index in [2.05, 4.69) is 117 Å². The minimum absolute atomic E-state index is 0.0232. The molecule has 6 aromatic rings. The predicted molar refractivity (Wildman–Crippen MR) is 163 cm³/mol. The molecule has 0 N–H and O–H groups in total. The van der Waals surface area contributed by atoms with Gasteiger partial charge in [0.2, 0.25) is 0 Å². The highest BCUT2D eigenvalue weighted by Gasteiger charge is 2.34. The van der Waals surface area contributed by atoms with Gasteiger partial charge < -0.3 is 4.42 Å². The van der Waals surface area contributed by atoms with Gasteiger partial charge in [0.1, 0.15) is 11.3 Å². The summed E-state index contributed by atoms with van der Waals surface area (Å²) in [7, 11) is 0. The Kier molecular flexibility index (Phi) is 4.95. The van der Waals surface area contributed by atoms with Crippen LogP contribution in [0.3, 0.4) is 0 Å². The molecule has 0 saturated carbocycles. The van der Waals surface area contributed by atoms with Crippen LogP contribution < -0.4 is 5.22 Å². The van der Waals surface area contributed by atoms with Crippen LogP contribution in [-0.4, -0.2) is 0 Å². The lowest BCUT2D eigenvalue weighted by molar-refractivity contribution is 0.548. The van der Waals surface area contributed by atoms with E-state index in [-0.39, 0.29) is 5.41 Å². The number of benzene rings is 5. The Bertz CT molecular complexity index is 2000. The van der Waals surface area contributed by atoms with Crippen LogP contribution in [0.5, 0.6) is 0 Å². The monoisotopic (exact) mass is 504 g/mol. The predicted octanol–water partition coefficient (Wildman–Crippen LogP) is 8.96. The van der Waals surface area contributed by atoms with E-state index < -0.39 is 0 Å². The van der Waals surface area contributed by atoms with Crippen LogP contribution in [0, 0.1) is 0 Å². The van der Waals surface area contributed by atoms with Crippen molar-refractivity contribution < 1.29 is 4.42 Å². The van der Waals surface area contributed by atoms with Crippen molar-refractivity contribution in [3.8, 4) is 0 Å². The van der Waals surface area contributed by atoms with Crippen molar-refractivity contribution in [3.05, 3.63) is 136 Å². The van der Waals surface area contributed by atoms with Crippen molar-refractivity contribution in [2.24, 2.45) is 0 Å². The van der Waals surface area contributed by atoms with E-state index in [4.69, 9.17) is 4.42 Å². The molecule has 5 aromatic carbocycles. The first-order chi connectivity index (χ1) is 19.1. The number of hydrogen-bond donors (Lipinski definition) is 0. The molecule has 0 aliphatic heterocycles. The molecular weight excluding hydrogens is 472 g/mol. The van der Waals surface area contributed by atoms with Gasteiger partial charge in [0.25, 0.3) is 0 Å². The molecule has 2 aliphatic rings. The molecule has 0 fully saturated rings. The van der Waals surface area contributed by atoms with Crippen molar-refractivity contribution in [1.82, 2.24) is 0 Å². The van der Waals surface area contributed by atoms with E-state index in [0.717, 1.165) is 37.0 Å². The highest BCUT2D eigenvalue weighted by Crippen LogP contribution is 2.44. The first kappa shape index (κ1) is 22.8. The molecule has 1 atom stereocenters. The van der Waals surface area contributed by atoms with Gasteiger partial charge in [-0.3, -0.25) is 0 Å². The molecule has 0 bridgehead atoms. The summed E-state index contributed by atoms with van der Waals surface area (Å²) in [5, 5.41) is 7.75. The Balaban J connectivity index is 1.36. The summed E-state index contributed by atoms with van der Waals surface area (Å²) in [5.74, 6) is 1.52. The SMILES string of the molecule is CC1(C)c2ccccc2CC(Cc2ccc3oc4c5c(cccc5c5cccc2c35)=CCC4)c2ccccc21. The second kappa shape index (κ2) is 8.45. The zero-order chi connectivity index (χ0) is 26.1. The third-order valence-corrected chi connectivity index (χ3v) is 9.42. The second-order valence-electron chi connectivity index (χ2n) is 12.0. The average Bonchev–Trinajstić information content (AvgIpc) is 3.16. The molecule has 1 nitrogen and oxygen atoms in total. The van der Waals surface area contributed by atoms with Crippen LogP contribution >= 0.6 is 0 Å². The van der Waals surface area contributed by atoms with Gasteiger partial charge in [0.05, 0.1) is 0 Å². The van der Waals surface area contributed by atoms with Crippen molar-refractivity contribution in [3.63, 3.8) is 0 Å². The fourth-order valence-electron chi connectivity index (χ4n) is 7.62. The second-order valence-corrected chi connectivity index (χ2v) is 12.0. The molecule has 0 radical (unpaired) electrons. The third-order valence-electron chi connectivity index (χ3n) is 9.42. The van der Waals surface area contributed by atoms with Gasteiger partial charge in [-0.1, -0.05) is 111 Å².